The van der Waals surface area contributed by atoms with Crippen LogP contribution in [0.15, 0.2) is 42.5 Å². The average molecular weight is 282 g/mol. The number of H-pyrrole nitrogens is 1. The number of hydrogen-bond donors (Lipinski definition) is 2. The third kappa shape index (κ3) is 3.03. The predicted molar refractivity (Wildman–Crippen MR) is 82.1 cm³/mol. The highest BCUT2D eigenvalue weighted by Gasteiger charge is 2.10. The number of nitrogens with one attached hydrogen (secondary N) is 2. The van der Waals surface area contributed by atoms with E-state index in [1.165, 1.54) is 0 Å². The Bertz CT molecular complexity index is 705. The largest absolute Gasteiger partial charge is 0.481 e. The Balaban J connectivity index is 1.69. The van der Waals surface area contributed by atoms with Crippen molar-refractivity contribution in [3.8, 4) is 5.88 Å². The van der Waals surface area contributed by atoms with Crippen molar-refractivity contribution in [2.75, 3.05) is 7.11 Å². The maximum absolute atomic E-state index is 5.13. The first-order chi connectivity index (χ1) is 10.3. The van der Waals surface area contributed by atoms with Crippen LogP contribution in [-0.2, 0) is 6.54 Å². The molecule has 1 atom stereocenters. The molecule has 0 aliphatic rings. The molecule has 0 aliphatic heterocycles. The Labute approximate surface area is 123 Å². The highest BCUT2D eigenvalue weighted by Crippen LogP contribution is 2.16. The molecule has 0 saturated carbocycles. The number of fused-ring (bicyclic) bond motifs is 1. The van der Waals surface area contributed by atoms with Gasteiger partial charge in [0.1, 0.15) is 5.82 Å². The SMILES string of the molecule is COc1cccc(CNC(C)c2nc3ccccc3[nH]2)n1. The van der Waals surface area contributed by atoms with Crippen molar-refractivity contribution in [2.24, 2.45) is 0 Å². The Kier molecular flexibility index (Phi) is 3.83. The van der Waals surface area contributed by atoms with Gasteiger partial charge in [-0.05, 0) is 25.1 Å². The number of hydrogen-bond acceptors (Lipinski definition) is 4. The van der Waals surface area contributed by atoms with Crippen LogP contribution in [0, 0.1) is 0 Å². The number of nitrogens with zero attached hydrogens (tertiary/aromatic N) is 2. The molecular formula is C16H18N4O. The smallest absolute Gasteiger partial charge is 0.213 e. The molecule has 2 heterocycles. The van der Waals surface area contributed by atoms with E-state index >= 15 is 0 Å². The quantitative estimate of drug-likeness (QED) is 0.755. The van der Waals surface area contributed by atoms with Crippen LogP contribution in [0.5, 0.6) is 5.88 Å². The minimum absolute atomic E-state index is 0.116. The third-order valence-corrected chi connectivity index (χ3v) is 3.40. The molecule has 3 aromatic rings. The van der Waals surface area contributed by atoms with Gasteiger partial charge in [0.05, 0.1) is 29.9 Å². The molecule has 0 aliphatic carbocycles. The highest BCUT2D eigenvalue weighted by molar-refractivity contribution is 5.74. The fourth-order valence-electron chi connectivity index (χ4n) is 2.20. The van der Waals surface area contributed by atoms with Gasteiger partial charge in [-0.3, -0.25) is 0 Å². The number of benzene rings is 1. The van der Waals surface area contributed by atoms with E-state index < -0.39 is 0 Å². The summed E-state index contributed by atoms with van der Waals surface area (Å²) in [5.74, 6) is 1.56. The number of aromatic nitrogens is 3. The van der Waals surface area contributed by atoms with Gasteiger partial charge >= 0.3 is 0 Å². The van der Waals surface area contributed by atoms with E-state index in [1.54, 1.807) is 7.11 Å². The molecule has 2 N–H and O–H groups in total. The molecule has 108 valence electrons. The zero-order valence-corrected chi connectivity index (χ0v) is 12.1. The van der Waals surface area contributed by atoms with Crippen LogP contribution in [0.3, 0.4) is 0 Å². The van der Waals surface area contributed by atoms with Crippen LogP contribution < -0.4 is 10.1 Å². The van der Waals surface area contributed by atoms with Gasteiger partial charge in [-0.15, -0.1) is 0 Å². The van der Waals surface area contributed by atoms with Crippen LogP contribution in [0.4, 0.5) is 0 Å². The summed E-state index contributed by atoms with van der Waals surface area (Å²) in [5.41, 5.74) is 2.98. The summed E-state index contributed by atoms with van der Waals surface area (Å²) in [6, 6.07) is 13.9. The molecule has 21 heavy (non-hydrogen) atoms. The van der Waals surface area contributed by atoms with Crippen molar-refractivity contribution in [1.82, 2.24) is 20.3 Å². The molecule has 3 rings (SSSR count). The molecule has 5 heteroatoms. The molecule has 1 aromatic carbocycles. The first-order valence-corrected chi connectivity index (χ1v) is 6.94. The summed E-state index contributed by atoms with van der Waals surface area (Å²) in [6.07, 6.45) is 0. The molecular weight excluding hydrogens is 264 g/mol. The Morgan fingerprint density at radius 3 is 2.81 bits per heavy atom. The minimum Gasteiger partial charge on any atom is -0.481 e. The monoisotopic (exact) mass is 282 g/mol. The fraction of sp³-hybridized carbons (Fsp3) is 0.250. The van der Waals surface area contributed by atoms with Crippen molar-refractivity contribution in [1.29, 1.82) is 0 Å². The summed E-state index contributed by atoms with van der Waals surface area (Å²) in [4.78, 5) is 12.3. The second-order valence-electron chi connectivity index (χ2n) is 4.91. The zero-order valence-electron chi connectivity index (χ0n) is 12.1. The zero-order chi connectivity index (χ0) is 14.7. The molecule has 0 amide bonds. The van der Waals surface area contributed by atoms with E-state index in [2.05, 4.69) is 27.2 Å². The average Bonchev–Trinajstić information content (AvgIpc) is 2.97. The van der Waals surface area contributed by atoms with E-state index in [0.29, 0.717) is 12.4 Å². The predicted octanol–water partition coefficient (Wildman–Crippen LogP) is 2.82. The number of ether oxygens (including phenoxy) is 1. The summed E-state index contributed by atoms with van der Waals surface area (Å²) < 4.78 is 5.13. The lowest BCUT2D eigenvalue weighted by Crippen LogP contribution is -2.19. The van der Waals surface area contributed by atoms with Crippen LogP contribution in [-0.4, -0.2) is 22.1 Å². The Morgan fingerprint density at radius 1 is 1.14 bits per heavy atom. The lowest BCUT2D eigenvalue weighted by molar-refractivity contribution is 0.395. The van der Waals surface area contributed by atoms with Gasteiger partial charge in [0.25, 0.3) is 0 Å². The van der Waals surface area contributed by atoms with E-state index in [9.17, 15) is 0 Å². The van der Waals surface area contributed by atoms with E-state index in [-0.39, 0.29) is 6.04 Å². The highest BCUT2D eigenvalue weighted by atomic mass is 16.5. The normalized spacial score (nSPS) is 12.5. The maximum Gasteiger partial charge on any atom is 0.213 e. The Morgan fingerprint density at radius 2 is 2.00 bits per heavy atom. The second kappa shape index (κ2) is 5.93. The van der Waals surface area contributed by atoms with Crippen LogP contribution in [0.2, 0.25) is 0 Å². The number of imidazole rings is 1. The summed E-state index contributed by atoms with van der Waals surface area (Å²) in [7, 11) is 1.62. The van der Waals surface area contributed by atoms with Crippen LogP contribution in [0.25, 0.3) is 11.0 Å². The lowest BCUT2D eigenvalue weighted by Gasteiger charge is -2.11. The fourth-order valence-corrected chi connectivity index (χ4v) is 2.20. The van der Waals surface area contributed by atoms with E-state index in [0.717, 1.165) is 22.6 Å². The summed E-state index contributed by atoms with van der Waals surface area (Å²) in [5, 5.41) is 3.42. The van der Waals surface area contributed by atoms with E-state index in [1.807, 2.05) is 42.5 Å². The van der Waals surface area contributed by atoms with E-state index in [4.69, 9.17) is 4.74 Å². The first kappa shape index (κ1) is 13.6. The minimum atomic E-state index is 0.116. The second-order valence-corrected chi connectivity index (χ2v) is 4.91. The van der Waals surface area contributed by atoms with Gasteiger partial charge in [-0.2, -0.15) is 0 Å². The standard InChI is InChI=1S/C16H18N4O/c1-11(16-19-13-7-3-4-8-14(13)20-16)17-10-12-6-5-9-15(18-12)21-2/h3-9,11,17H,10H2,1-2H3,(H,19,20). The molecule has 0 fully saturated rings. The van der Waals surface area contributed by atoms with Gasteiger partial charge < -0.3 is 15.0 Å². The van der Waals surface area contributed by atoms with Crippen LogP contribution >= 0.6 is 0 Å². The maximum atomic E-state index is 5.13. The van der Waals surface area contributed by atoms with Crippen molar-refractivity contribution in [3.05, 3.63) is 54.0 Å². The van der Waals surface area contributed by atoms with Gasteiger partial charge in [0.15, 0.2) is 0 Å². The number of aromatic amines is 1. The molecule has 0 saturated heterocycles. The molecule has 1 unspecified atom stereocenters. The molecule has 2 aromatic heterocycles. The van der Waals surface area contributed by atoms with Gasteiger partial charge in [0, 0.05) is 12.6 Å². The van der Waals surface area contributed by atoms with Crippen LogP contribution in [0.1, 0.15) is 24.5 Å². The lowest BCUT2D eigenvalue weighted by atomic mass is 10.3. The number of methoxy groups -OCH3 is 1. The number of rotatable bonds is 5. The molecule has 0 radical (unpaired) electrons. The van der Waals surface area contributed by atoms with Crippen molar-refractivity contribution < 1.29 is 4.74 Å². The van der Waals surface area contributed by atoms with Crippen molar-refractivity contribution in [2.45, 2.75) is 19.5 Å². The Hall–Kier alpha value is -2.40. The molecule has 5 nitrogen and oxygen atoms in total. The summed E-state index contributed by atoms with van der Waals surface area (Å²) in [6.45, 7) is 2.74. The third-order valence-electron chi connectivity index (χ3n) is 3.40. The van der Waals surface area contributed by atoms with Gasteiger partial charge in [-0.25, -0.2) is 9.97 Å². The molecule has 0 bridgehead atoms. The van der Waals surface area contributed by atoms with Crippen molar-refractivity contribution in [3.63, 3.8) is 0 Å². The van der Waals surface area contributed by atoms with Gasteiger partial charge in [0.2, 0.25) is 5.88 Å². The topological polar surface area (TPSA) is 62.8 Å². The van der Waals surface area contributed by atoms with Crippen molar-refractivity contribution >= 4 is 11.0 Å². The summed E-state index contributed by atoms with van der Waals surface area (Å²) >= 11 is 0. The van der Waals surface area contributed by atoms with Gasteiger partial charge in [-0.1, -0.05) is 18.2 Å². The molecule has 0 spiro atoms. The number of pyridine rings is 1. The number of para-hydroxylation sites is 2. The first-order valence-electron chi connectivity index (χ1n) is 6.94.